The molecule has 1 heterocycles. The Bertz CT molecular complexity index is 449. The molecule has 7 heteroatoms. The summed E-state index contributed by atoms with van der Waals surface area (Å²) >= 11 is 0. The smallest absolute Gasteiger partial charge is 0.217 e. The van der Waals surface area contributed by atoms with E-state index in [1.165, 1.54) is 4.31 Å². The summed E-state index contributed by atoms with van der Waals surface area (Å²) in [6.45, 7) is 2.02. The first-order valence-corrected chi connectivity index (χ1v) is 6.33. The van der Waals surface area contributed by atoms with Crippen molar-refractivity contribution in [2.24, 2.45) is 0 Å². The second kappa shape index (κ2) is 3.57. The number of aryl methyl sites for hydroxylation is 1. The van der Waals surface area contributed by atoms with Crippen LogP contribution in [0.1, 0.15) is 24.5 Å². The van der Waals surface area contributed by atoms with Gasteiger partial charge in [0.25, 0.3) is 0 Å². The van der Waals surface area contributed by atoms with Gasteiger partial charge in [-0.05, 0) is 19.8 Å². The van der Waals surface area contributed by atoms with E-state index >= 15 is 0 Å². The molecule has 6 nitrogen and oxygen atoms in total. The van der Waals surface area contributed by atoms with Crippen LogP contribution in [0.5, 0.6) is 0 Å². The number of aromatic amines is 1. The van der Waals surface area contributed by atoms with E-state index < -0.39 is 10.0 Å². The van der Waals surface area contributed by atoms with Crippen LogP contribution in [0.3, 0.4) is 0 Å². The molecule has 1 aliphatic carbocycles. The molecule has 1 aromatic heterocycles. The Morgan fingerprint density at radius 3 is 2.67 bits per heavy atom. The van der Waals surface area contributed by atoms with Crippen LogP contribution in [0, 0.1) is 6.92 Å². The molecule has 0 aliphatic heterocycles. The van der Waals surface area contributed by atoms with Crippen molar-refractivity contribution >= 4 is 10.0 Å². The zero-order valence-electron chi connectivity index (χ0n) is 8.77. The third kappa shape index (κ3) is 2.18. The van der Waals surface area contributed by atoms with Crippen LogP contribution in [-0.2, 0) is 16.6 Å². The molecule has 1 aliphatic rings. The summed E-state index contributed by atoms with van der Waals surface area (Å²) in [4.78, 5) is 4.07. The van der Waals surface area contributed by atoms with Crippen LogP contribution in [0.2, 0.25) is 0 Å². The van der Waals surface area contributed by atoms with Crippen molar-refractivity contribution in [2.75, 3.05) is 7.05 Å². The highest BCUT2D eigenvalue weighted by molar-refractivity contribution is 7.90. The zero-order chi connectivity index (χ0) is 11.1. The molecule has 0 spiro atoms. The molecule has 2 rings (SSSR count). The Labute approximate surface area is 88.8 Å². The van der Waals surface area contributed by atoms with E-state index in [1.807, 2.05) is 0 Å². The SMILES string of the molecule is Cc1nc(CN(C)S(=O)(=O)C2CC2)n[nH]1. The fraction of sp³-hybridized carbons (Fsp3) is 0.750. The number of aromatic nitrogens is 3. The molecular weight excluding hydrogens is 216 g/mol. The van der Waals surface area contributed by atoms with Crippen molar-refractivity contribution in [1.29, 1.82) is 0 Å². The molecule has 0 atom stereocenters. The first kappa shape index (κ1) is 10.6. The van der Waals surface area contributed by atoms with Crippen molar-refractivity contribution in [3.63, 3.8) is 0 Å². The third-order valence-electron chi connectivity index (χ3n) is 2.39. The van der Waals surface area contributed by atoms with Gasteiger partial charge >= 0.3 is 0 Å². The average molecular weight is 230 g/mol. The van der Waals surface area contributed by atoms with E-state index in [0.717, 1.165) is 12.8 Å². The van der Waals surface area contributed by atoms with Crippen LogP contribution in [0.4, 0.5) is 0 Å². The summed E-state index contributed by atoms with van der Waals surface area (Å²) in [5.74, 6) is 1.21. The fourth-order valence-electron chi connectivity index (χ4n) is 1.37. The first-order valence-electron chi connectivity index (χ1n) is 4.83. The number of rotatable bonds is 4. The van der Waals surface area contributed by atoms with Crippen molar-refractivity contribution in [2.45, 2.75) is 31.6 Å². The molecular formula is C8H14N4O2S. The number of H-pyrrole nitrogens is 1. The Morgan fingerprint density at radius 2 is 2.20 bits per heavy atom. The lowest BCUT2D eigenvalue weighted by Crippen LogP contribution is -2.30. The van der Waals surface area contributed by atoms with Gasteiger partial charge in [0.1, 0.15) is 5.82 Å². The van der Waals surface area contributed by atoms with Gasteiger partial charge in [-0.2, -0.15) is 9.40 Å². The highest BCUT2D eigenvalue weighted by Gasteiger charge is 2.38. The van der Waals surface area contributed by atoms with Gasteiger partial charge in [-0.25, -0.2) is 13.4 Å². The maximum absolute atomic E-state index is 11.8. The monoisotopic (exact) mass is 230 g/mol. The minimum absolute atomic E-state index is 0.178. The van der Waals surface area contributed by atoms with E-state index in [2.05, 4.69) is 15.2 Å². The number of nitrogens with zero attached hydrogens (tertiary/aromatic N) is 3. The van der Waals surface area contributed by atoms with E-state index in [4.69, 9.17) is 0 Å². The lowest BCUT2D eigenvalue weighted by Gasteiger charge is -2.14. The van der Waals surface area contributed by atoms with Crippen LogP contribution < -0.4 is 0 Å². The fourth-order valence-corrected chi connectivity index (χ4v) is 2.91. The summed E-state index contributed by atoms with van der Waals surface area (Å²) in [6, 6.07) is 0. The van der Waals surface area contributed by atoms with Crippen LogP contribution in [-0.4, -0.2) is 40.2 Å². The quantitative estimate of drug-likeness (QED) is 0.792. The lowest BCUT2D eigenvalue weighted by atomic mass is 10.6. The number of sulfonamides is 1. The van der Waals surface area contributed by atoms with E-state index in [-0.39, 0.29) is 11.8 Å². The second-order valence-electron chi connectivity index (χ2n) is 3.84. The van der Waals surface area contributed by atoms with E-state index in [0.29, 0.717) is 11.6 Å². The van der Waals surface area contributed by atoms with Gasteiger partial charge in [-0.3, -0.25) is 5.10 Å². The second-order valence-corrected chi connectivity index (χ2v) is 6.16. The molecule has 0 amide bonds. The summed E-state index contributed by atoms with van der Waals surface area (Å²) in [7, 11) is -1.55. The van der Waals surface area contributed by atoms with Crippen molar-refractivity contribution in [3.8, 4) is 0 Å². The molecule has 1 aromatic rings. The molecule has 84 valence electrons. The predicted octanol–water partition coefficient (Wildman–Crippen LogP) is 0.0371. The molecule has 15 heavy (non-hydrogen) atoms. The summed E-state index contributed by atoms with van der Waals surface area (Å²) in [5.41, 5.74) is 0. The van der Waals surface area contributed by atoms with Crippen LogP contribution in [0.15, 0.2) is 0 Å². The number of hydrogen-bond donors (Lipinski definition) is 1. The molecule has 0 unspecified atom stereocenters. The van der Waals surface area contributed by atoms with Gasteiger partial charge in [0, 0.05) is 7.05 Å². The van der Waals surface area contributed by atoms with E-state index in [9.17, 15) is 8.42 Å². The van der Waals surface area contributed by atoms with Crippen molar-refractivity contribution in [1.82, 2.24) is 19.5 Å². The largest absolute Gasteiger partial charge is 0.263 e. The molecule has 0 bridgehead atoms. The molecule has 1 fully saturated rings. The molecule has 1 saturated carbocycles. The molecule has 0 saturated heterocycles. The molecule has 0 radical (unpaired) electrons. The van der Waals surface area contributed by atoms with Crippen LogP contribution in [0.25, 0.3) is 0 Å². The topological polar surface area (TPSA) is 79.0 Å². The standard InChI is InChI=1S/C8H14N4O2S/c1-6-9-8(11-10-6)5-12(2)15(13,14)7-3-4-7/h7H,3-5H2,1-2H3,(H,9,10,11). The predicted molar refractivity (Wildman–Crippen MR) is 54.5 cm³/mol. The average Bonchev–Trinajstić information content (AvgIpc) is 2.92. The van der Waals surface area contributed by atoms with Gasteiger partial charge in [-0.1, -0.05) is 0 Å². The minimum atomic E-state index is -3.12. The maximum Gasteiger partial charge on any atom is 0.217 e. The first-order chi connectivity index (χ1) is 7.00. The summed E-state index contributed by atoms with van der Waals surface area (Å²) < 4.78 is 24.9. The lowest BCUT2D eigenvalue weighted by molar-refractivity contribution is 0.456. The van der Waals surface area contributed by atoms with Crippen LogP contribution >= 0.6 is 0 Å². The van der Waals surface area contributed by atoms with Gasteiger partial charge in [-0.15, -0.1) is 0 Å². The number of hydrogen-bond acceptors (Lipinski definition) is 4. The molecule has 0 aromatic carbocycles. The minimum Gasteiger partial charge on any atom is -0.263 e. The maximum atomic E-state index is 11.8. The summed E-state index contributed by atoms with van der Waals surface area (Å²) in [5, 5.41) is 6.42. The van der Waals surface area contributed by atoms with Gasteiger partial charge in [0.15, 0.2) is 5.82 Å². The summed E-state index contributed by atoms with van der Waals surface area (Å²) in [6.07, 6.45) is 1.55. The Balaban J connectivity index is 2.06. The van der Waals surface area contributed by atoms with E-state index in [1.54, 1.807) is 14.0 Å². The Kier molecular flexibility index (Phi) is 2.51. The van der Waals surface area contributed by atoms with Crippen molar-refractivity contribution < 1.29 is 8.42 Å². The third-order valence-corrected chi connectivity index (χ3v) is 4.70. The highest BCUT2D eigenvalue weighted by atomic mass is 32.2. The Hall–Kier alpha value is -0.950. The van der Waals surface area contributed by atoms with Gasteiger partial charge in [0.05, 0.1) is 11.8 Å². The Morgan fingerprint density at radius 1 is 1.53 bits per heavy atom. The number of nitrogens with one attached hydrogen (secondary N) is 1. The zero-order valence-corrected chi connectivity index (χ0v) is 9.58. The van der Waals surface area contributed by atoms with Gasteiger partial charge < -0.3 is 0 Å². The highest BCUT2D eigenvalue weighted by Crippen LogP contribution is 2.30. The normalized spacial score (nSPS) is 17.3. The van der Waals surface area contributed by atoms with Gasteiger partial charge in [0.2, 0.25) is 10.0 Å². The molecule has 1 N–H and O–H groups in total. The van der Waals surface area contributed by atoms with Crippen molar-refractivity contribution in [3.05, 3.63) is 11.6 Å².